The van der Waals surface area contributed by atoms with Crippen LogP contribution >= 0.6 is 0 Å². The summed E-state index contributed by atoms with van der Waals surface area (Å²) < 4.78 is 0. The lowest BCUT2D eigenvalue weighted by Gasteiger charge is -2.46. The van der Waals surface area contributed by atoms with Crippen LogP contribution in [-0.4, -0.2) is 30.7 Å². The molecule has 1 aromatic carbocycles. The van der Waals surface area contributed by atoms with Gasteiger partial charge in [-0.2, -0.15) is 15.8 Å². The minimum atomic E-state index is -1.55. The molecule has 5 heteroatoms. The SMILES string of the molecule is CN1CC=C2[C@@H](C1)[C@H](c1ccccc1)C(=N)C(C#N)C2(C#N)C#N. The van der Waals surface area contributed by atoms with Crippen molar-refractivity contribution in [3.63, 3.8) is 0 Å². The highest BCUT2D eigenvalue weighted by Crippen LogP contribution is 2.52. The summed E-state index contributed by atoms with van der Waals surface area (Å²) >= 11 is 0. The van der Waals surface area contributed by atoms with Crippen LogP contribution in [0.15, 0.2) is 42.0 Å². The van der Waals surface area contributed by atoms with Crippen molar-refractivity contribution in [1.82, 2.24) is 4.90 Å². The molecule has 24 heavy (non-hydrogen) atoms. The molecule has 0 aromatic heterocycles. The van der Waals surface area contributed by atoms with Crippen LogP contribution in [-0.2, 0) is 0 Å². The van der Waals surface area contributed by atoms with E-state index in [1.807, 2.05) is 43.5 Å². The molecule has 1 aliphatic carbocycles. The number of rotatable bonds is 1. The molecule has 3 rings (SSSR count). The summed E-state index contributed by atoms with van der Waals surface area (Å²) in [5.41, 5.74) is 0.285. The summed E-state index contributed by atoms with van der Waals surface area (Å²) in [5.74, 6) is -1.45. The van der Waals surface area contributed by atoms with Crippen molar-refractivity contribution in [3.05, 3.63) is 47.5 Å². The maximum absolute atomic E-state index is 9.75. The fraction of sp³-hybridized carbons (Fsp3) is 0.368. The van der Waals surface area contributed by atoms with Gasteiger partial charge in [-0.1, -0.05) is 36.4 Å². The van der Waals surface area contributed by atoms with Crippen molar-refractivity contribution < 1.29 is 0 Å². The fourth-order valence-corrected chi connectivity index (χ4v) is 3.97. The number of nitriles is 3. The first kappa shape index (κ1) is 15.9. The monoisotopic (exact) mass is 315 g/mol. The molecular formula is C19H17N5. The predicted octanol–water partition coefficient (Wildman–Crippen LogP) is 2.46. The van der Waals surface area contributed by atoms with Gasteiger partial charge in [-0.15, -0.1) is 0 Å². The molecular weight excluding hydrogens is 298 g/mol. The van der Waals surface area contributed by atoms with Gasteiger partial charge in [-0.3, -0.25) is 0 Å². The van der Waals surface area contributed by atoms with E-state index in [1.54, 1.807) is 0 Å². The number of benzene rings is 1. The van der Waals surface area contributed by atoms with Crippen LogP contribution < -0.4 is 0 Å². The van der Waals surface area contributed by atoms with Gasteiger partial charge in [0.25, 0.3) is 0 Å². The Hall–Kier alpha value is -2.94. The normalized spacial score (nSPS) is 28.7. The lowest BCUT2D eigenvalue weighted by Crippen LogP contribution is -2.51. The van der Waals surface area contributed by atoms with Gasteiger partial charge in [0.2, 0.25) is 0 Å². The molecule has 0 saturated heterocycles. The van der Waals surface area contributed by atoms with Crippen LogP contribution in [0.3, 0.4) is 0 Å². The van der Waals surface area contributed by atoms with E-state index in [9.17, 15) is 15.8 Å². The minimum Gasteiger partial charge on any atom is -0.308 e. The largest absolute Gasteiger partial charge is 0.308 e. The minimum absolute atomic E-state index is 0.137. The lowest BCUT2D eigenvalue weighted by atomic mass is 9.55. The third-order valence-electron chi connectivity index (χ3n) is 5.11. The van der Waals surface area contributed by atoms with E-state index < -0.39 is 11.3 Å². The summed E-state index contributed by atoms with van der Waals surface area (Å²) in [6, 6.07) is 15.9. The third kappa shape index (κ3) is 2.13. The Kier molecular flexibility index (Phi) is 3.94. The maximum Gasteiger partial charge on any atom is 0.186 e. The summed E-state index contributed by atoms with van der Waals surface area (Å²) in [5, 5.41) is 37.8. The van der Waals surface area contributed by atoms with Gasteiger partial charge in [0.15, 0.2) is 5.41 Å². The van der Waals surface area contributed by atoms with Gasteiger partial charge >= 0.3 is 0 Å². The second-order valence-electron chi connectivity index (χ2n) is 6.42. The highest BCUT2D eigenvalue weighted by molar-refractivity contribution is 5.96. The first-order chi connectivity index (χ1) is 11.6. The van der Waals surface area contributed by atoms with E-state index in [1.165, 1.54) is 0 Å². The standard InChI is InChI=1S/C19H17N5/c1-24-8-7-15-14(10-24)17(13-5-3-2-4-6-13)18(23)16(9-20)19(15,11-21)12-22/h2-7,14,16-17,23H,8,10H2,1H3/t14-,16?,17+/m1/s1. The molecule has 0 radical (unpaired) electrons. The van der Waals surface area contributed by atoms with Crippen molar-refractivity contribution in [2.45, 2.75) is 5.92 Å². The smallest absolute Gasteiger partial charge is 0.186 e. The van der Waals surface area contributed by atoms with Crippen LogP contribution in [0.5, 0.6) is 0 Å². The average Bonchev–Trinajstić information content (AvgIpc) is 2.61. The molecule has 0 amide bonds. The molecule has 1 aliphatic heterocycles. The molecule has 0 bridgehead atoms. The molecule has 2 aliphatic rings. The van der Waals surface area contributed by atoms with Gasteiger partial charge in [0.05, 0.1) is 18.2 Å². The van der Waals surface area contributed by atoms with E-state index >= 15 is 0 Å². The predicted molar refractivity (Wildman–Crippen MR) is 88.7 cm³/mol. The van der Waals surface area contributed by atoms with Crippen molar-refractivity contribution in [1.29, 1.82) is 21.2 Å². The Morgan fingerprint density at radius 2 is 1.83 bits per heavy atom. The van der Waals surface area contributed by atoms with Crippen LogP contribution in [0.25, 0.3) is 0 Å². The molecule has 3 atom stereocenters. The summed E-state index contributed by atoms with van der Waals surface area (Å²) in [6.07, 6.45) is 1.91. The summed E-state index contributed by atoms with van der Waals surface area (Å²) in [4.78, 5) is 2.11. The van der Waals surface area contributed by atoms with Gasteiger partial charge in [-0.25, -0.2) is 0 Å². The molecule has 1 aromatic rings. The molecule has 5 nitrogen and oxygen atoms in total. The van der Waals surface area contributed by atoms with E-state index in [4.69, 9.17) is 5.41 Å². The van der Waals surface area contributed by atoms with Crippen molar-refractivity contribution in [2.75, 3.05) is 20.1 Å². The van der Waals surface area contributed by atoms with Gasteiger partial charge < -0.3 is 10.3 Å². The quantitative estimate of drug-likeness (QED) is 0.805. The lowest BCUT2D eigenvalue weighted by molar-refractivity contribution is 0.254. The van der Waals surface area contributed by atoms with Crippen LogP contribution in [0.1, 0.15) is 11.5 Å². The number of hydrogen-bond donors (Lipinski definition) is 1. The first-order valence-corrected chi connectivity index (χ1v) is 7.83. The third-order valence-corrected chi connectivity index (χ3v) is 5.11. The zero-order valence-electron chi connectivity index (χ0n) is 13.4. The molecule has 118 valence electrons. The van der Waals surface area contributed by atoms with E-state index in [0.717, 1.165) is 5.56 Å². The van der Waals surface area contributed by atoms with Gasteiger partial charge in [0, 0.05) is 30.6 Å². The number of nitrogens with zero attached hydrogens (tertiary/aromatic N) is 4. The zero-order valence-corrected chi connectivity index (χ0v) is 13.4. The zero-order chi connectivity index (χ0) is 17.3. The Morgan fingerprint density at radius 1 is 1.17 bits per heavy atom. The van der Waals surface area contributed by atoms with Gasteiger partial charge in [0.1, 0.15) is 5.92 Å². The number of nitrogens with one attached hydrogen (secondary N) is 1. The Morgan fingerprint density at radius 3 is 2.42 bits per heavy atom. The Labute approximate surface area is 141 Å². The Balaban J connectivity index is 2.22. The van der Waals surface area contributed by atoms with Crippen LogP contribution in [0, 0.1) is 56.7 Å². The number of fused-ring (bicyclic) bond motifs is 1. The van der Waals surface area contributed by atoms with Crippen molar-refractivity contribution >= 4 is 5.71 Å². The maximum atomic E-state index is 9.75. The highest BCUT2D eigenvalue weighted by atomic mass is 15.1. The molecule has 1 heterocycles. The van der Waals surface area contributed by atoms with E-state index in [0.29, 0.717) is 18.7 Å². The van der Waals surface area contributed by atoms with Gasteiger partial charge in [-0.05, 0) is 18.2 Å². The van der Waals surface area contributed by atoms with E-state index in [2.05, 4.69) is 23.1 Å². The fourth-order valence-electron chi connectivity index (χ4n) is 3.97. The van der Waals surface area contributed by atoms with E-state index in [-0.39, 0.29) is 17.5 Å². The van der Waals surface area contributed by atoms with Crippen molar-refractivity contribution in [2.24, 2.45) is 17.3 Å². The number of likely N-dealkylation sites (N-methyl/N-ethyl adjacent to an activating group) is 1. The molecule has 1 N–H and O–H groups in total. The number of hydrogen-bond acceptors (Lipinski definition) is 5. The topological polar surface area (TPSA) is 98.5 Å². The van der Waals surface area contributed by atoms with Crippen molar-refractivity contribution in [3.8, 4) is 18.2 Å². The van der Waals surface area contributed by atoms with Crippen LogP contribution in [0.4, 0.5) is 0 Å². The summed E-state index contributed by atoms with van der Waals surface area (Å²) in [6.45, 7) is 1.31. The molecule has 1 fully saturated rings. The second kappa shape index (κ2) is 5.93. The average molecular weight is 315 g/mol. The molecule has 1 unspecified atom stereocenters. The molecule has 0 spiro atoms. The Bertz CT molecular complexity index is 804. The molecule has 1 saturated carbocycles. The highest BCUT2D eigenvalue weighted by Gasteiger charge is 2.57. The van der Waals surface area contributed by atoms with Crippen LogP contribution in [0.2, 0.25) is 0 Å². The first-order valence-electron chi connectivity index (χ1n) is 7.83. The second-order valence-corrected chi connectivity index (χ2v) is 6.42. The summed E-state index contributed by atoms with van der Waals surface area (Å²) in [7, 11) is 1.98.